The second-order valence-electron chi connectivity index (χ2n) is 8.23. The number of nitrogens with one attached hydrogen (secondary N) is 2. The molecule has 1 saturated heterocycles. The van der Waals surface area contributed by atoms with Crippen LogP contribution in [0, 0.1) is 0 Å². The Morgan fingerprint density at radius 1 is 0.879 bits per heavy atom. The zero-order valence-electron chi connectivity index (χ0n) is 18.7. The van der Waals surface area contributed by atoms with Gasteiger partial charge in [0.05, 0.1) is 0 Å². The predicted octanol–water partition coefficient (Wildman–Crippen LogP) is 3.84. The molecule has 2 heterocycles. The number of carbonyl (C=O) groups is 1. The van der Waals surface area contributed by atoms with Crippen LogP contribution in [0.1, 0.15) is 27.0 Å². The van der Waals surface area contributed by atoms with Crippen LogP contribution in [-0.4, -0.2) is 68.1 Å². The van der Waals surface area contributed by atoms with E-state index >= 15 is 0 Å². The Morgan fingerprint density at radius 3 is 2.21 bits per heavy atom. The van der Waals surface area contributed by atoms with Crippen molar-refractivity contribution in [2.75, 3.05) is 52.4 Å². The van der Waals surface area contributed by atoms with E-state index in [9.17, 15) is 4.79 Å². The van der Waals surface area contributed by atoms with E-state index in [1.165, 1.54) is 16.7 Å². The molecule has 1 amide bonds. The third-order valence-corrected chi connectivity index (χ3v) is 6.36. The minimum atomic E-state index is 0. The van der Waals surface area contributed by atoms with Crippen LogP contribution < -0.4 is 10.6 Å². The molecule has 0 aliphatic carbocycles. The van der Waals surface area contributed by atoms with E-state index in [1.807, 2.05) is 18.2 Å². The average molecular weight is 536 g/mol. The van der Waals surface area contributed by atoms with E-state index in [0.29, 0.717) is 6.54 Å². The van der Waals surface area contributed by atoms with Gasteiger partial charge in [0, 0.05) is 56.4 Å². The molecule has 2 aliphatic heterocycles. The van der Waals surface area contributed by atoms with Crippen LogP contribution in [0.15, 0.2) is 42.5 Å². The molecule has 33 heavy (non-hydrogen) atoms. The van der Waals surface area contributed by atoms with Gasteiger partial charge in [0.15, 0.2) is 0 Å². The molecule has 184 valence electrons. The quantitative estimate of drug-likeness (QED) is 0.590. The summed E-state index contributed by atoms with van der Waals surface area (Å²) in [6.45, 7) is 8.74. The van der Waals surface area contributed by atoms with Crippen molar-refractivity contribution in [3.8, 4) is 0 Å². The lowest BCUT2D eigenvalue weighted by Crippen LogP contribution is -2.48. The van der Waals surface area contributed by atoms with E-state index < -0.39 is 0 Å². The molecular weight excluding hydrogens is 502 g/mol. The van der Waals surface area contributed by atoms with E-state index in [4.69, 9.17) is 11.6 Å². The summed E-state index contributed by atoms with van der Waals surface area (Å²) in [6, 6.07) is 14.3. The van der Waals surface area contributed by atoms with Crippen LogP contribution in [-0.2, 0) is 19.4 Å². The number of hydrogen-bond donors (Lipinski definition) is 2. The van der Waals surface area contributed by atoms with Crippen molar-refractivity contribution in [3.63, 3.8) is 0 Å². The maximum atomic E-state index is 12.6. The molecule has 2 N–H and O–H groups in total. The monoisotopic (exact) mass is 534 g/mol. The molecule has 0 radical (unpaired) electrons. The first-order valence-corrected chi connectivity index (χ1v) is 11.3. The van der Waals surface area contributed by atoms with Crippen molar-refractivity contribution < 1.29 is 4.79 Å². The number of fused-ring (bicyclic) bond motifs is 1. The van der Waals surface area contributed by atoms with Gasteiger partial charge in [-0.2, -0.15) is 0 Å². The topological polar surface area (TPSA) is 47.6 Å². The van der Waals surface area contributed by atoms with Crippen molar-refractivity contribution in [3.05, 3.63) is 69.7 Å². The van der Waals surface area contributed by atoms with Crippen molar-refractivity contribution in [2.24, 2.45) is 0 Å². The van der Waals surface area contributed by atoms with Crippen molar-refractivity contribution in [2.45, 2.75) is 19.4 Å². The second kappa shape index (κ2) is 15.0. The minimum absolute atomic E-state index is 0. The zero-order chi connectivity index (χ0) is 20.8. The Labute approximate surface area is 220 Å². The molecule has 2 aromatic carbocycles. The Bertz CT molecular complexity index is 858. The van der Waals surface area contributed by atoms with Crippen molar-refractivity contribution >= 4 is 54.7 Å². The van der Waals surface area contributed by atoms with Gasteiger partial charge in [0.1, 0.15) is 0 Å². The first kappa shape index (κ1) is 30.0. The molecule has 0 unspecified atom stereocenters. The number of carbonyl (C=O) groups excluding carboxylic acids is 1. The Morgan fingerprint density at radius 2 is 1.52 bits per heavy atom. The van der Waals surface area contributed by atoms with Crippen LogP contribution in [0.5, 0.6) is 0 Å². The minimum Gasteiger partial charge on any atom is -0.351 e. The van der Waals surface area contributed by atoms with E-state index in [2.05, 4.69) is 44.7 Å². The van der Waals surface area contributed by atoms with Gasteiger partial charge in [0.25, 0.3) is 5.91 Å². The van der Waals surface area contributed by atoms with Gasteiger partial charge in [-0.05, 0) is 66.9 Å². The lowest BCUT2D eigenvalue weighted by molar-refractivity contribution is 0.0934. The SMILES string of the molecule is Cl.Cl.Cl.O=C(NCCN1CCN(Cc2ccc(Cl)cc2)CC1)c1ccc2c(c1)CCNCC2. The lowest BCUT2D eigenvalue weighted by atomic mass is 10.00. The fourth-order valence-electron chi connectivity index (χ4n) is 4.26. The number of nitrogens with zero attached hydrogens (tertiary/aromatic N) is 2. The molecule has 4 rings (SSSR count). The van der Waals surface area contributed by atoms with Crippen molar-refractivity contribution in [1.29, 1.82) is 0 Å². The molecule has 0 spiro atoms. The summed E-state index contributed by atoms with van der Waals surface area (Å²) >= 11 is 5.97. The highest BCUT2D eigenvalue weighted by Gasteiger charge is 2.17. The van der Waals surface area contributed by atoms with Gasteiger partial charge in [-0.25, -0.2) is 0 Å². The summed E-state index contributed by atoms with van der Waals surface area (Å²) in [4.78, 5) is 17.5. The van der Waals surface area contributed by atoms with Gasteiger partial charge >= 0.3 is 0 Å². The first-order chi connectivity index (χ1) is 14.7. The summed E-state index contributed by atoms with van der Waals surface area (Å²) in [5.74, 6) is 0.0383. The van der Waals surface area contributed by atoms with E-state index in [1.54, 1.807) is 0 Å². The standard InChI is InChI=1S/C24H31ClN4O.3ClH/c25-23-5-1-19(2-6-23)18-29-15-13-28(14-16-29)12-11-27-24(30)22-4-3-20-7-9-26-10-8-21(20)17-22;;;/h1-6,17,26H,7-16,18H2,(H,27,30);3*1H. The predicted molar refractivity (Wildman–Crippen MR) is 144 cm³/mol. The number of benzene rings is 2. The van der Waals surface area contributed by atoms with Crippen LogP contribution in [0.25, 0.3) is 0 Å². The van der Waals surface area contributed by atoms with Gasteiger partial charge in [-0.15, -0.1) is 37.2 Å². The molecule has 5 nitrogen and oxygen atoms in total. The van der Waals surface area contributed by atoms with Gasteiger partial charge in [-0.1, -0.05) is 29.8 Å². The maximum absolute atomic E-state index is 12.6. The van der Waals surface area contributed by atoms with Gasteiger partial charge in [0.2, 0.25) is 0 Å². The highest BCUT2D eigenvalue weighted by molar-refractivity contribution is 6.30. The number of halogens is 4. The fraction of sp³-hybridized carbons (Fsp3) is 0.458. The number of hydrogen-bond acceptors (Lipinski definition) is 4. The average Bonchev–Trinajstić information content (AvgIpc) is 3.01. The third kappa shape index (κ3) is 8.91. The number of amides is 1. The summed E-state index contributed by atoms with van der Waals surface area (Å²) in [5, 5.41) is 7.31. The highest BCUT2D eigenvalue weighted by atomic mass is 35.5. The van der Waals surface area contributed by atoms with E-state index in [0.717, 1.165) is 75.8 Å². The molecular formula is C24H34Cl4N4O. The largest absolute Gasteiger partial charge is 0.351 e. The first-order valence-electron chi connectivity index (χ1n) is 11.0. The highest BCUT2D eigenvalue weighted by Crippen LogP contribution is 2.16. The molecule has 2 aliphatic rings. The molecule has 9 heteroatoms. The number of piperazine rings is 1. The summed E-state index contributed by atoms with van der Waals surface area (Å²) in [6.07, 6.45) is 2.04. The van der Waals surface area contributed by atoms with Crippen LogP contribution >= 0.6 is 48.8 Å². The summed E-state index contributed by atoms with van der Waals surface area (Å²) in [7, 11) is 0. The van der Waals surface area contributed by atoms with Crippen LogP contribution in [0.3, 0.4) is 0 Å². The second-order valence-corrected chi connectivity index (χ2v) is 8.67. The smallest absolute Gasteiger partial charge is 0.251 e. The fourth-order valence-corrected chi connectivity index (χ4v) is 4.39. The normalized spacial score (nSPS) is 16.3. The van der Waals surface area contributed by atoms with E-state index in [-0.39, 0.29) is 43.1 Å². The van der Waals surface area contributed by atoms with Gasteiger partial charge < -0.3 is 10.6 Å². The Balaban J connectivity index is 0.00000181. The molecule has 0 bridgehead atoms. The summed E-state index contributed by atoms with van der Waals surface area (Å²) < 4.78 is 0. The summed E-state index contributed by atoms with van der Waals surface area (Å²) in [5.41, 5.74) is 4.76. The number of rotatable bonds is 6. The third-order valence-electron chi connectivity index (χ3n) is 6.11. The zero-order valence-corrected chi connectivity index (χ0v) is 21.9. The molecule has 2 aromatic rings. The van der Waals surface area contributed by atoms with Crippen LogP contribution in [0.2, 0.25) is 5.02 Å². The van der Waals surface area contributed by atoms with Crippen molar-refractivity contribution in [1.82, 2.24) is 20.4 Å². The Hall–Kier alpha value is -1.05. The van der Waals surface area contributed by atoms with Crippen LogP contribution in [0.4, 0.5) is 0 Å². The molecule has 1 fully saturated rings. The molecule has 0 aromatic heterocycles. The Kier molecular flexibility index (Phi) is 13.7. The van der Waals surface area contributed by atoms with Gasteiger partial charge in [-0.3, -0.25) is 14.6 Å². The maximum Gasteiger partial charge on any atom is 0.251 e. The molecule has 0 saturated carbocycles. The lowest BCUT2D eigenvalue weighted by Gasteiger charge is -2.34. The molecule has 0 atom stereocenters.